The number of phosphoric ester groups is 1. The van der Waals surface area contributed by atoms with E-state index in [-0.39, 0.29) is 31.5 Å². The van der Waals surface area contributed by atoms with Crippen LogP contribution in [-0.2, 0) is 27.9 Å². The fourth-order valence-corrected chi connectivity index (χ4v) is 7.74. The molecule has 68 heavy (non-hydrogen) atoms. The predicted molar refractivity (Wildman–Crippen MR) is 290 cm³/mol. The van der Waals surface area contributed by atoms with E-state index in [1.807, 2.05) is 94.1 Å². The topological polar surface area (TPSA) is 111 Å². The molecule has 0 radical (unpaired) electrons. The summed E-state index contributed by atoms with van der Waals surface area (Å²) >= 11 is 0. The Morgan fingerprint density at radius 2 is 1.01 bits per heavy atom. The Kier molecular flexibility index (Phi) is 45.0. The molecule has 0 aromatic carbocycles. The van der Waals surface area contributed by atoms with Crippen molar-refractivity contribution in [3.05, 3.63) is 109 Å². The number of quaternary nitrogens is 1. The van der Waals surface area contributed by atoms with Gasteiger partial charge in [0.05, 0.1) is 33.8 Å². The van der Waals surface area contributed by atoms with Crippen LogP contribution < -0.4 is 5.32 Å². The zero-order valence-corrected chi connectivity index (χ0v) is 44.9. The number of phosphoric acid groups is 1. The molecule has 0 aliphatic rings. The van der Waals surface area contributed by atoms with Crippen molar-refractivity contribution in [2.75, 3.05) is 40.9 Å². The summed E-state index contributed by atoms with van der Waals surface area (Å²) in [6.45, 7) is 6.68. The van der Waals surface area contributed by atoms with Gasteiger partial charge >= 0.3 is 13.8 Å². The van der Waals surface area contributed by atoms with Gasteiger partial charge in [-0.05, 0) is 76.7 Å². The highest BCUT2D eigenvalue weighted by Gasteiger charge is 2.30. The number of hydrogen-bond donors (Lipinski definition) is 2. The minimum absolute atomic E-state index is 0.0248. The van der Waals surface area contributed by atoms with E-state index in [0.29, 0.717) is 23.9 Å². The Bertz CT molecular complexity index is 1530. The first-order valence-corrected chi connectivity index (χ1v) is 28.3. The zero-order chi connectivity index (χ0) is 50.1. The van der Waals surface area contributed by atoms with Gasteiger partial charge in [0.15, 0.2) is 0 Å². The number of unbranched alkanes of at least 4 members (excludes halogenated alkanes) is 19. The van der Waals surface area contributed by atoms with Gasteiger partial charge in [-0.25, -0.2) is 4.57 Å². The summed E-state index contributed by atoms with van der Waals surface area (Å²) < 4.78 is 30.5. The van der Waals surface area contributed by atoms with Crippen molar-refractivity contribution in [2.24, 2.45) is 0 Å². The van der Waals surface area contributed by atoms with E-state index in [1.165, 1.54) is 64.2 Å². The van der Waals surface area contributed by atoms with Crippen molar-refractivity contribution in [2.45, 2.75) is 206 Å². The second-order valence-corrected chi connectivity index (χ2v) is 20.2. The van der Waals surface area contributed by atoms with E-state index in [1.54, 1.807) is 0 Å². The van der Waals surface area contributed by atoms with Gasteiger partial charge in [0.25, 0.3) is 0 Å². The second-order valence-electron chi connectivity index (χ2n) is 18.8. The van der Waals surface area contributed by atoms with E-state index in [2.05, 4.69) is 62.5 Å². The lowest BCUT2D eigenvalue weighted by molar-refractivity contribution is -0.870. The minimum atomic E-state index is -4.46. The molecule has 3 unspecified atom stereocenters. The summed E-state index contributed by atoms with van der Waals surface area (Å²) in [5.41, 5.74) is 0. The predicted octanol–water partition coefficient (Wildman–Crippen LogP) is 15.8. The Morgan fingerprint density at radius 1 is 0.544 bits per heavy atom. The molecule has 0 saturated heterocycles. The molecule has 3 atom stereocenters. The first-order chi connectivity index (χ1) is 32.9. The number of carbonyl (C=O) groups excluding carboxylic acids is 2. The number of likely N-dealkylation sites (N-methyl/N-ethyl adjacent to an activating group) is 1. The molecular weight excluding hydrogens is 868 g/mol. The zero-order valence-electron chi connectivity index (χ0n) is 44.1. The number of carbonyl (C=O) groups is 2. The van der Waals surface area contributed by atoms with Crippen molar-refractivity contribution in [3.63, 3.8) is 0 Å². The standard InChI is InChI=1S/C58H99N2O7P/c1-7-10-13-16-19-22-25-27-29-30-31-33-36-39-42-45-48-51-58(62)67-56(49-46-43-40-37-34-24-21-18-15-12-9-3)55(54-66-68(63,64)65-53-52-60(4,5)6)59-57(61)50-47-44-41-38-35-32-28-26-23-20-17-14-11-8-2/h10-11,13-14,16,19-20,22-23,25,27,29-31,33,36,46,49,55-56H,7-9,12,15,17-18,21,24,26,28,32,34-35,37-45,47-48,50-54H2,1-6H3,(H-,59,61,63,64)/p+1/b13-10-,14-11+,19-16+,23-20+,25-22+,29-27-,31-30+,36-33+,49-46+. The van der Waals surface area contributed by atoms with Crippen LogP contribution in [0.4, 0.5) is 0 Å². The number of amides is 1. The van der Waals surface area contributed by atoms with Crippen molar-refractivity contribution in [1.29, 1.82) is 0 Å². The maximum atomic E-state index is 13.4. The quantitative estimate of drug-likeness (QED) is 0.0156. The van der Waals surface area contributed by atoms with E-state index in [0.717, 1.165) is 89.9 Å². The molecule has 0 spiro atoms. The van der Waals surface area contributed by atoms with Crippen LogP contribution in [0.5, 0.6) is 0 Å². The normalized spacial score (nSPS) is 14.8. The summed E-state index contributed by atoms with van der Waals surface area (Å²) in [5, 5.41) is 3.02. The number of rotatable bonds is 46. The highest BCUT2D eigenvalue weighted by molar-refractivity contribution is 7.47. The molecule has 0 saturated carbocycles. The largest absolute Gasteiger partial charge is 0.472 e. The molecular formula is C58H100N2O7P+. The summed E-state index contributed by atoms with van der Waals surface area (Å²) in [5.74, 6) is -0.578. The van der Waals surface area contributed by atoms with Gasteiger partial charge in [0.1, 0.15) is 19.3 Å². The van der Waals surface area contributed by atoms with Crippen LogP contribution in [0.25, 0.3) is 0 Å². The maximum Gasteiger partial charge on any atom is 0.472 e. The van der Waals surface area contributed by atoms with Gasteiger partial charge in [-0.1, -0.05) is 214 Å². The number of ether oxygens (including phenoxy) is 1. The fraction of sp³-hybridized carbons (Fsp3) is 0.655. The van der Waals surface area contributed by atoms with Gasteiger partial charge in [-0.3, -0.25) is 18.6 Å². The van der Waals surface area contributed by atoms with Crippen LogP contribution in [0.3, 0.4) is 0 Å². The molecule has 0 aliphatic heterocycles. The number of esters is 1. The Balaban J connectivity index is 5.50. The average Bonchev–Trinajstić information content (AvgIpc) is 3.29. The van der Waals surface area contributed by atoms with Crippen LogP contribution in [0.2, 0.25) is 0 Å². The molecule has 0 bridgehead atoms. The molecule has 1 amide bonds. The lowest BCUT2D eigenvalue weighted by Crippen LogP contribution is -2.47. The molecule has 0 heterocycles. The van der Waals surface area contributed by atoms with Crippen molar-refractivity contribution in [1.82, 2.24) is 5.32 Å². The van der Waals surface area contributed by atoms with Gasteiger partial charge in [-0.2, -0.15) is 0 Å². The maximum absolute atomic E-state index is 13.4. The second kappa shape index (κ2) is 47.4. The number of hydrogen-bond acceptors (Lipinski definition) is 6. The molecule has 388 valence electrons. The number of nitrogens with zero attached hydrogens (tertiary/aromatic N) is 1. The molecule has 10 heteroatoms. The summed E-state index contributed by atoms with van der Waals surface area (Å²) in [6.07, 6.45) is 63.7. The molecule has 0 aromatic heterocycles. The minimum Gasteiger partial charge on any atom is -0.456 e. The lowest BCUT2D eigenvalue weighted by Gasteiger charge is -2.27. The number of nitrogens with one attached hydrogen (secondary N) is 1. The van der Waals surface area contributed by atoms with E-state index >= 15 is 0 Å². The SMILES string of the molecule is CC\C=C/C=C/C=C/C=C\C=C\C=C\CCCCCC(=O)OC(/C=C/CCCCCCCCCCC)C(COP(=O)(O)OCC[N+](C)(C)C)NC(=O)CCCCCCCCC/C=C/C/C=C/CC. The fourth-order valence-electron chi connectivity index (χ4n) is 7.01. The van der Waals surface area contributed by atoms with Gasteiger partial charge < -0.3 is 19.4 Å². The van der Waals surface area contributed by atoms with Crippen LogP contribution >= 0.6 is 7.82 Å². The first kappa shape index (κ1) is 64.7. The Morgan fingerprint density at radius 3 is 1.59 bits per heavy atom. The third-order valence-corrected chi connectivity index (χ3v) is 12.1. The molecule has 0 fully saturated rings. The van der Waals surface area contributed by atoms with Crippen LogP contribution in [-0.4, -0.2) is 74.3 Å². The third-order valence-electron chi connectivity index (χ3n) is 11.1. The van der Waals surface area contributed by atoms with Crippen molar-refractivity contribution < 1.29 is 37.3 Å². The van der Waals surface area contributed by atoms with Gasteiger partial charge in [0.2, 0.25) is 5.91 Å². The van der Waals surface area contributed by atoms with E-state index < -0.39 is 20.0 Å². The first-order valence-electron chi connectivity index (χ1n) is 26.8. The van der Waals surface area contributed by atoms with Crippen LogP contribution in [0.15, 0.2) is 109 Å². The molecule has 9 nitrogen and oxygen atoms in total. The van der Waals surface area contributed by atoms with Crippen LogP contribution in [0, 0.1) is 0 Å². The Hall–Kier alpha value is -3.33. The number of allylic oxidation sites excluding steroid dienone is 17. The average molecular weight is 968 g/mol. The Labute approximate surface area is 417 Å². The van der Waals surface area contributed by atoms with Crippen LogP contribution in [0.1, 0.15) is 194 Å². The highest BCUT2D eigenvalue weighted by Crippen LogP contribution is 2.43. The lowest BCUT2D eigenvalue weighted by atomic mass is 10.1. The highest BCUT2D eigenvalue weighted by atomic mass is 31.2. The monoisotopic (exact) mass is 968 g/mol. The summed E-state index contributed by atoms with van der Waals surface area (Å²) in [6, 6.07) is -0.876. The smallest absolute Gasteiger partial charge is 0.456 e. The van der Waals surface area contributed by atoms with Crippen molar-refractivity contribution >= 4 is 19.7 Å². The third kappa shape index (κ3) is 47.7. The van der Waals surface area contributed by atoms with Gasteiger partial charge in [0, 0.05) is 12.8 Å². The summed E-state index contributed by atoms with van der Waals surface area (Å²) in [4.78, 5) is 37.5. The molecule has 0 aromatic rings. The van der Waals surface area contributed by atoms with E-state index in [9.17, 15) is 19.0 Å². The molecule has 2 N–H and O–H groups in total. The van der Waals surface area contributed by atoms with E-state index in [4.69, 9.17) is 13.8 Å². The van der Waals surface area contributed by atoms with Gasteiger partial charge in [-0.15, -0.1) is 0 Å². The molecule has 0 rings (SSSR count). The molecule has 0 aliphatic carbocycles. The van der Waals surface area contributed by atoms with Crippen molar-refractivity contribution in [3.8, 4) is 0 Å². The summed E-state index contributed by atoms with van der Waals surface area (Å²) in [7, 11) is 1.44.